The maximum Gasteiger partial charge on any atom is 0.262 e. The molecule has 0 aliphatic carbocycles. The average molecular weight is 437 g/mol. The summed E-state index contributed by atoms with van der Waals surface area (Å²) in [4.78, 5) is 26.1. The van der Waals surface area contributed by atoms with E-state index in [-0.39, 0.29) is 18.4 Å². The molecule has 0 aromatic heterocycles. The molecule has 7 heteroatoms. The van der Waals surface area contributed by atoms with Crippen LogP contribution in [0, 0.1) is 0 Å². The number of ether oxygens (including phenoxy) is 2. The molecule has 0 saturated heterocycles. The van der Waals surface area contributed by atoms with Crippen LogP contribution in [0.25, 0.3) is 0 Å². The quantitative estimate of drug-likeness (QED) is 0.458. The molecule has 0 fully saturated rings. The highest BCUT2D eigenvalue weighted by molar-refractivity contribution is 7.98. The van der Waals surface area contributed by atoms with Crippen molar-refractivity contribution in [2.45, 2.75) is 11.8 Å². The summed E-state index contributed by atoms with van der Waals surface area (Å²) in [5.41, 5.74) is 1.68. The third kappa shape index (κ3) is 6.52. The van der Waals surface area contributed by atoms with Crippen molar-refractivity contribution in [1.82, 2.24) is 0 Å². The van der Waals surface area contributed by atoms with E-state index in [2.05, 4.69) is 10.6 Å². The van der Waals surface area contributed by atoms with E-state index < -0.39 is 0 Å². The number of carbonyl (C=O) groups is 2. The SMILES string of the molecule is CCOc1ccc(NC(=O)COc2ccccc2C(=O)Nc2cccc(SC)c2)cc1. The van der Waals surface area contributed by atoms with Gasteiger partial charge in [-0.05, 0) is 67.8 Å². The number of hydrogen-bond acceptors (Lipinski definition) is 5. The largest absolute Gasteiger partial charge is 0.494 e. The highest BCUT2D eigenvalue weighted by Gasteiger charge is 2.14. The molecule has 0 spiro atoms. The number of amides is 2. The second-order valence-electron chi connectivity index (χ2n) is 6.48. The van der Waals surface area contributed by atoms with Crippen LogP contribution in [0.4, 0.5) is 11.4 Å². The van der Waals surface area contributed by atoms with E-state index in [1.807, 2.05) is 37.4 Å². The number of benzene rings is 3. The van der Waals surface area contributed by atoms with Crippen LogP contribution in [0.5, 0.6) is 11.5 Å². The van der Waals surface area contributed by atoms with Gasteiger partial charge in [0.2, 0.25) is 0 Å². The Kier molecular flexibility index (Phi) is 7.95. The molecule has 0 aliphatic heterocycles. The Morgan fingerprint density at radius 2 is 1.65 bits per heavy atom. The van der Waals surface area contributed by atoms with E-state index in [4.69, 9.17) is 9.47 Å². The maximum atomic E-state index is 12.7. The number of anilines is 2. The van der Waals surface area contributed by atoms with Gasteiger partial charge in [0.25, 0.3) is 11.8 Å². The molecule has 3 rings (SSSR count). The van der Waals surface area contributed by atoms with E-state index in [1.165, 1.54) is 0 Å². The molecule has 6 nitrogen and oxygen atoms in total. The Morgan fingerprint density at radius 3 is 2.39 bits per heavy atom. The van der Waals surface area contributed by atoms with Crippen LogP contribution in [0.3, 0.4) is 0 Å². The molecule has 31 heavy (non-hydrogen) atoms. The van der Waals surface area contributed by atoms with Gasteiger partial charge in [-0.15, -0.1) is 11.8 Å². The summed E-state index contributed by atoms with van der Waals surface area (Å²) < 4.78 is 11.0. The second kappa shape index (κ2) is 11.1. The van der Waals surface area contributed by atoms with Crippen LogP contribution in [0.15, 0.2) is 77.7 Å². The second-order valence-corrected chi connectivity index (χ2v) is 7.36. The lowest BCUT2D eigenvalue weighted by Gasteiger charge is -2.12. The molecule has 160 valence electrons. The maximum absolute atomic E-state index is 12.7. The molecule has 0 unspecified atom stereocenters. The normalized spacial score (nSPS) is 10.3. The highest BCUT2D eigenvalue weighted by Crippen LogP contribution is 2.23. The van der Waals surface area contributed by atoms with Crippen molar-refractivity contribution in [3.05, 3.63) is 78.4 Å². The first-order valence-corrected chi connectivity index (χ1v) is 11.0. The first kappa shape index (κ1) is 22.2. The molecule has 2 N–H and O–H groups in total. The van der Waals surface area contributed by atoms with Crippen molar-refractivity contribution in [3.8, 4) is 11.5 Å². The van der Waals surface area contributed by atoms with Gasteiger partial charge >= 0.3 is 0 Å². The van der Waals surface area contributed by atoms with Crippen LogP contribution in [-0.4, -0.2) is 31.3 Å². The fraction of sp³-hybridized carbons (Fsp3) is 0.167. The Labute approximate surface area is 186 Å². The molecule has 0 radical (unpaired) electrons. The summed E-state index contributed by atoms with van der Waals surface area (Å²) in [5, 5.41) is 5.63. The Hall–Kier alpha value is -3.45. The van der Waals surface area contributed by atoms with Gasteiger partial charge in [0.15, 0.2) is 6.61 Å². The van der Waals surface area contributed by atoms with Gasteiger partial charge in [0, 0.05) is 16.3 Å². The van der Waals surface area contributed by atoms with Gasteiger partial charge < -0.3 is 20.1 Å². The highest BCUT2D eigenvalue weighted by atomic mass is 32.2. The average Bonchev–Trinajstić information content (AvgIpc) is 2.79. The van der Waals surface area contributed by atoms with Crippen LogP contribution in [-0.2, 0) is 4.79 Å². The first-order chi connectivity index (χ1) is 15.1. The van der Waals surface area contributed by atoms with E-state index in [9.17, 15) is 9.59 Å². The van der Waals surface area contributed by atoms with Crippen LogP contribution in [0.1, 0.15) is 17.3 Å². The van der Waals surface area contributed by atoms with Gasteiger partial charge in [-0.1, -0.05) is 18.2 Å². The molecule has 0 saturated carbocycles. The number of hydrogen-bond donors (Lipinski definition) is 2. The van der Waals surface area contributed by atoms with Crippen molar-refractivity contribution in [2.75, 3.05) is 30.1 Å². The van der Waals surface area contributed by atoms with Gasteiger partial charge in [-0.3, -0.25) is 9.59 Å². The van der Waals surface area contributed by atoms with Gasteiger partial charge in [0.1, 0.15) is 11.5 Å². The van der Waals surface area contributed by atoms with E-state index >= 15 is 0 Å². The van der Waals surface area contributed by atoms with Crippen molar-refractivity contribution < 1.29 is 19.1 Å². The molecule has 3 aromatic carbocycles. The van der Waals surface area contributed by atoms with Gasteiger partial charge in [0.05, 0.1) is 12.2 Å². The minimum Gasteiger partial charge on any atom is -0.494 e. The summed E-state index contributed by atoms with van der Waals surface area (Å²) in [6.45, 7) is 2.27. The van der Waals surface area contributed by atoms with Crippen molar-refractivity contribution in [3.63, 3.8) is 0 Å². The number of rotatable bonds is 9. The fourth-order valence-corrected chi connectivity index (χ4v) is 3.28. The minimum atomic E-state index is -0.327. The standard InChI is InChI=1S/C24H24N2O4S/c1-3-29-19-13-11-17(12-14-19)25-23(27)16-30-22-10-5-4-9-21(22)24(28)26-18-7-6-8-20(15-18)31-2/h4-15H,3,16H2,1-2H3,(H,25,27)(H,26,28). The first-order valence-electron chi connectivity index (χ1n) is 9.79. The molecular weight excluding hydrogens is 412 g/mol. The topological polar surface area (TPSA) is 76.7 Å². The smallest absolute Gasteiger partial charge is 0.262 e. The lowest BCUT2D eigenvalue weighted by atomic mass is 10.2. The van der Waals surface area contributed by atoms with Crippen LogP contribution in [0.2, 0.25) is 0 Å². The predicted molar refractivity (Wildman–Crippen MR) is 124 cm³/mol. The van der Waals surface area contributed by atoms with Gasteiger partial charge in [-0.25, -0.2) is 0 Å². The molecule has 2 amide bonds. The zero-order valence-electron chi connectivity index (χ0n) is 17.4. The van der Waals surface area contributed by atoms with Crippen LogP contribution < -0.4 is 20.1 Å². The predicted octanol–water partition coefficient (Wildman–Crippen LogP) is 5.08. The Balaban J connectivity index is 1.60. The van der Waals surface area contributed by atoms with Crippen LogP contribution >= 0.6 is 11.8 Å². The lowest BCUT2D eigenvalue weighted by Crippen LogP contribution is -2.21. The Morgan fingerprint density at radius 1 is 0.871 bits per heavy atom. The van der Waals surface area contributed by atoms with Crippen molar-refractivity contribution in [1.29, 1.82) is 0 Å². The Bertz CT molecular complexity index is 1040. The summed E-state index contributed by atoms with van der Waals surface area (Å²) in [6, 6.07) is 21.5. The van der Waals surface area contributed by atoms with E-state index in [0.717, 1.165) is 10.6 Å². The zero-order valence-corrected chi connectivity index (χ0v) is 18.2. The molecule has 0 heterocycles. The van der Waals surface area contributed by atoms with E-state index in [1.54, 1.807) is 60.3 Å². The molecular formula is C24H24N2O4S. The third-order valence-electron chi connectivity index (χ3n) is 4.27. The molecule has 3 aromatic rings. The molecule has 0 aliphatic rings. The van der Waals surface area contributed by atoms with Crippen molar-refractivity contribution in [2.24, 2.45) is 0 Å². The fourth-order valence-electron chi connectivity index (χ4n) is 2.82. The molecule has 0 atom stereocenters. The summed E-state index contributed by atoms with van der Waals surface area (Å²) >= 11 is 1.60. The lowest BCUT2D eigenvalue weighted by molar-refractivity contribution is -0.118. The summed E-state index contributed by atoms with van der Waals surface area (Å²) in [6.07, 6.45) is 1.97. The number of para-hydroxylation sites is 1. The number of thioether (sulfide) groups is 1. The van der Waals surface area contributed by atoms with E-state index in [0.29, 0.717) is 29.3 Å². The van der Waals surface area contributed by atoms with Gasteiger partial charge in [-0.2, -0.15) is 0 Å². The molecule has 0 bridgehead atoms. The van der Waals surface area contributed by atoms with Crippen molar-refractivity contribution >= 4 is 35.0 Å². The number of nitrogens with one attached hydrogen (secondary N) is 2. The third-order valence-corrected chi connectivity index (χ3v) is 4.99. The zero-order chi connectivity index (χ0) is 22.1. The monoisotopic (exact) mass is 436 g/mol. The summed E-state index contributed by atoms with van der Waals surface area (Å²) in [7, 11) is 0. The minimum absolute atomic E-state index is 0.223. The summed E-state index contributed by atoms with van der Waals surface area (Å²) in [5.74, 6) is 0.440. The number of carbonyl (C=O) groups excluding carboxylic acids is 2.